The molecule has 5 heteroatoms. The van der Waals surface area contributed by atoms with E-state index in [1.54, 1.807) is 30.3 Å². The van der Waals surface area contributed by atoms with Crippen molar-refractivity contribution in [1.29, 1.82) is 0 Å². The van der Waals surface area contributed by atoms with Gasteiger partial charge in [0.25, 0.3) is 0 Å². The summed E-state index contributed by atoms with van der Waals surface area (Å²) in [6.45, 7) is 0. The quantitative estimate of drug-likeness (QED) is 0.833. The summed E-state index contributed by atoms with van der Waals surface area (Å²) in [5, 5.41) is 9.63. The molecule has 2 aromatic rings. The van der Waals surface area contributed by atoms with Crippen molar-refractivity contribution in [3.05, 3.63) is 64.2 Å². The Morgan fingerprint density at radius 3 is 2.52 bits per heavy atom. The lowest BCUT2D eigenvalue weighted by atomic mass is 10.0. The molecule has 0 radical (unpaired) electrons. The molecule has 4 nitrogen and oxygen atoms in total. The van der Waals surface area contributed by atoms with Gasteiger partial charge >= 0.3 is 0 Å². The first-order chi connectivity index (χ1) is 9.97. The number of primary amides is 1. The number of carbonyl (C=O) groups excluding carboxylic acids is 2. The molecule has 21 heavy (non-hydrogen) atoms. The highest BCUT2D eigenvalue weighted by Gasteiger charge is 2.10. The lowest BCUT2D eigenvalue weighted by Crippen LogP contribution is -2.11. The van der Waals surface area contributed by atoms with E-state index in [0.29, 0.717) is 12.0 Å². The van der Waals surface area contributed by atoms with E-state index in [-0.39, 0.29) is 28.5 Å². The molecule has 0 saturated carbocycles. The first-order valence-electron chi connectivity index (χ1n) is 6.38. The lowest BCUT2D eigenvalue weighted by molar-refractivity contribution is 0.0978. The van der Waals surface area contributed by atoms with Crippen LogP contribution in [0.1, 0.15) is 32.7 Å². The lowest BCUT2D eigenvalue weighted by Gasteiger charge is -2.05. The molecule has 0 unspecified atom stereocenters. The number of aromatic hydroxyl groups is 1. The van der Waals surface area contributed by atoms with E-state index in [1.165, 1.54) is 12.1 Å². The van der Waals surface area contributed by atoms with Gasteiger partial charge < -0.3 is 10.8 Å². The monoisotopic (exact) mass is 303 g/mol. The van der Waals surface area contributed by atoms with Gasteiger partial charge in [-0.3, -0.25) is 9.59 Å². The van der Waals surface area contributed by atoms with E-state index in [9.17, 15) is 14.7 Å². The maximum Gasteiger partial charge on any atom is 0.250 e. The van der Waals surface area contributed by atoms with Crippen molar-refractivity contribution in [3.63, 3.8) is 0 Å². The Bertz CT molecular complexity index is 698. The summed E-state index contributed by atoms with van der Waals surface area (Å²) in [6.07, 6.45) is 0.781. The fraction of sp³-hybridized carbons (Fsp3) is 0.125. The SMILES string of the molecule is NC(=O)c1ccc(CCC(=O)c2cccc(O)c2)cc1Cl. The van der Waals surface area contributed by atoms with Crippen LogP contribution in [0.15, 0.2) is 42.5 Å². The van der Waals surface area contributed by atoms with Crippen molar-refractivity contribution in [3.8, 4) is 5.75 Å². The average Bonchev–Trinajstić information content (AvgIpc) is 2.44. The van der Waals surface area contributed by atoms with Crippen LogP contribution < -0.4 is 5.73 Å². The van der Waals surface area contributed by atoms with E-state index in [2.05, 4.69) is 0 Å². The fourth-order valence-electron chi connectivity index (χ4n) is 2.00. The number of hydrogen-bond acceptors (Lipinski definition) is 3. The Morgan fingerprint density at radius 2 is 1.90 bits per heavy atom. The minimum atomic E-state index is -0.581. The summed E-state index contributed by atoms with van der Waals surface area (Å²) in [7, 11) is 0. The molecule has 0 spiro atoms. The van der Waals surface area contributed by atoms with Crippen LogP contribution in [0, 0.1) is 0 Å². The van der Waals surface area contributed by atoms with Crippen molar-refractivity contribution in [2.75, 3.05) is 0 Å². The number of phenols is 1. The molecule has 0 saturated heterocycles. The van der Waals surface area contributed by atoms with Crippen LogP contribution in [0.2, 0.25) is 5.02 Å². The summed E-state index contributed by atoms with van der Waals surface area (Å²) < 4.78 is 0. The van der Waals surface area contributed by atoms with Crippen molar-refractivity contribution in [2.24, 2.45) is 5.73 Å². The highest BCUT2D eigenvalue weighted by molar-refractivity contribution is 6.33. The summed E-state index contributed by atoms with van der Waals surface area (Å²) in [5.74, 6) is -0.585. The molecule has 0 heterocycles. The van der Waals surface area contributed by atoms with Crippen LogP contribution >= 0.6 is 11.6 Å². The minimum Gasteiger partial charge on any atom is -0.508 e. The zero-order valence-corrected chi connectivity index (χ0v) is 11.9. The maximum absolute atomic E-state index is 12.0. The normalized spacial score (nSPS) is 10.3. The van der Waals surface area contributed by atoms with E-state index in [1.807, 2.05) is 0 Å². The molecule has 2 rings (SSSR count). The second-order valence-electron chi connectivity index (χ2n) is 4.65. The van der Waals surface area contributed by atoms with Gasteiger partial charge in [-0.15, -0.1) is 0 Å². The van der Waals surface area contributed by atoms with Crippen LogP contribution in [0.3, 0.4) is 0 Å². The third-order valence-electron chi connectivity index (χ3n) is 3.11. The number of Topliss-reactive ketones (excluding diaryl/α,β-unsaturated/α-hetero) is 1. The number of benzene rings is 2. The molecule has 2 aromatic carbocycles. The van der Waals surface area contributed by atoms with Crippen molar-refractivity contribution in [2.45, 2.75) is 12.8 Å². The van der Waals surface area contributed by atoms with Crippen LogP contribution in [0.25, 0.3) is 0 Å². The minimum absolute atomic E-state index is 0.0645. The predicted octanol–water partition coefficient (Wildman–Crippen LogP) is 2.96. The van der Waals surface area contributed by atoms with E-state index in [0.717, 1.165) is 5.56 Å². The summed E-state index contributed by atoms with van der Waals surface area (Å²) in [5.41, 5.74) is 6.75. The van der Waals surface area contributed by atoms with Gasteiger partial charge in [0.1, 0.15) is 5.75 Å². The number of rotatable bonds is 5. The Morgan fingerprint density at radius 1 is 1.14 bits per heavy atom. The molecule has 0 aliphatic carbocycles. The van der Waals surface area contributed by atoms with Crippen molar-refractivity contribution < 1.29 is 14.7 Å². The van der Waals surface area contributed by atoms with Crippen LogP contribution in [0.5, 0.6) is 5.75 Å². The zero-order valence-electron chi connectivity index (χ0n) is 11.2. The Balaban J connectivity index is 2.05. The second-order valence-corrected chi connectivity index (χ2v) is 5.06. The number of phenolic OH excluding ortho intramolecular Hbond substituents is 1. The van der Waals surface area contributed by atoms with Gasteiger partial charge in [-0.2, -0.15) is 0 Å². The Hall–Kier alpha value is -2.33. The summed E-state index contributed by atoms with van der Waals surface area (Å²) >= 11 is 5.96. The molecule has 0 atom stereocenters. The van der Waals surface area contributed by atoms with Crippen molar-refractivity contribution >= 4 is 23.3 Å². The Labute approximate surface area is 127 Å². The summed E-state index contributed by atoms with van der Waals surface area (Å²) in [4.78, 5) is 23.1. The highest BCUT2D eigenvalue weighted by Crippen LogP contribution is 2.19. The van der Waals surface area contributed by atoms with Crippen molar-refractivity contribution in [1.82, 2.24) is 0 Å². The topological polar surface area (TPSA) is 80.4 Å². The summed E-state index contributed by atoms with van der Waals surface area (Å²) in [6, 6.07) is 11.1. The number of hydrogen-bond donors (Lipinski definition) is 2. The van der Waals surface area contributed by atoms with Gasteiger partial charge in [0.15, 0.2) is 5.78 Å². The smallest absolute Gasteiger partial charge is 0.250 e. The van der Waals surface area contributed by atoms with E-state index < -0.39 is 5.91 Å². The fourth-order valence-corrected chi connectivity index (χ4v) is 2.29. The van der Waals surface area contributed by atoms with Gasteiger partial charge in [-0.05, 0) is 36.2 Å². The second kappa shape index (κ2) is 6.41. The molecule has 1 amide bonds. The molecular formula is C16H14ClNO3. The van der Waals surface area contributed by atoms with Gasteiger partial charge in [-0.25, -0.2) is 0 Å². The predicted molar refractivity (Wildman–Crippen MR) is 80.7 cm³/mol. The third kappa shape index (κ3) is 3.83. The number of nitrogens with two attached hydrogens (primary N) is 1. The molecule has 108 valence electrons. The molecule has 0 aliphatic rings. The number of carbonyl (C=O) groups is 2. The largest absolute Gasteiger partial charge is 0.508 e. The van der Waals surface area contributed by atoms with E-state index >= 15 is 0 Å². The van der Waals surface area contributed by atoms with Crippen LogP contribution in [-0.4, -0.2) is 16.8 Å². The molecule has 0 bridgehead atoms. The first kappa shape index (κ1) is 15.1. The van der Waals surface area contributed by atoms with Gasteiger partial charge in [0.2, 0.25) is 5.91 Å². The number of aryl methyl sites for hydroxylation is 1. The van der Waals surface area contributed by atoms with E-state index in [4.69, 9.17) is 17.3 Å². The van der Waals surface area contributed by atoms with Crippen LogP contribution in [-0.2, 0) is 6.42 Å². The molecule has 3 N–H and O–H groups in total. The molecular weight excluding hydrogens is 290 g/mol. The maximum atomic E-state index is 12.0. The van der Waals surface area contributed by atoms with Gasteiger partial charge in [0, 0.05) is 12.0 Å². The third-order valence-corrected chi connectivity index (χ3v) is 3.42. The zero-order chi connectivity index (χ0) is 15.4. The number of ketones is 1. The number of halogens is 1. The first-order valence-corrected chi connectivity index (χ1v) is 6.75. The van der Waals surface area contributed by atoms with Gasteiger partial charge in [-0.1, -0.05) is 29.8 Å². The Kier molecular flexibility index (Phi) is 4.60. The molecule has 0 aliphatic heterocycles. The highest BCUT2D eigenvalue weighted by atomic mass is 35.5. The number of amides is 1. The molecule has 0 fully saturated rings. The molecule has 0 aromatic heterocycles. The standard InChI is InChI=1S/C16H14ClNO3/c17-14-8-10(4-6-13(14)16(18)21)5-7-15(20)11-2-1-3-12(19)9-11/h1-4,6,8-9,19H,5,7H2,(H2,18,21). The van der Waals surface area contributed by atoms with Gasteiger partial charge in [0.05, 0.1) is 10.6 Å². The average molecular weight is 304 g/mol. The van der Waals surface area contributed by atoms with Crippen LogP contribution in [0.4, 0.5) is 0 Å².